The first-order valence-corrected chi connectivity index (χ1v) is 10.4. The Hall–Kier alpha value is -2.20. The van der Waals surface area contributed by atoms with Gasteiger partial charge in [-0.3, -0.25) is 4.98 Å². The molecule has 0 radical (unpaired) electrons. The van der Waals surface area contributed by atoms with Gasteiger partial charge in [0.2, 0.25) is 0 Å². The molecular formula is C20H18N4S2. The van der Waals surface area contributed by atoms with Crippen LogP contribution in [0.2, 0.25) is 0 Å². The highest BCUT2D eigenvalue weighted by Crippen LogP contribution is 2.38. The third-order valence-corrected chi connectivity index (χ3v) is 6.26. The normalized spacial score (nSPS) is 14.0. The second kappa shape index (κ2) is 7.58. The maximum Gasteiger partial charge on any atom is 0.115 e. The van der Waals surface area contributed by atoms with Gasteiger partial charge in [-0.25, -0.2) is 4.98 Å². The minimum atomic E-state index is 0.700. The molecule has 130 valence electrons. The summed E-state index contributed by atoms with van der Waals surface area (Å²) < 4.78 is 0. The smallest absolute Gasteiger partial charge is 0.115 e. The van der Waals surface area contributed by atoms with Gasteiger partial charge in [0.05, 0.1) is 5.56 Å². The zero-order valence-corrected chi connectivity index (χ0v) is 16.1. The van der Waals surface area contributed by atoms with Crippen LogP contribution in [0.4, 0.5) is 0 Å². The van der Waals surface area contributed by atoms with E-state index >= 15 is 0 Å². The number of thioether (sulfide) groups is 1. The summed E-state index contributed by atoms with van der Waals surface area (Å²) in [7, 11) is 2.12. The zero-order chi connectivity index (χ0) is 17.9. The number of rotatable bonds is 4. The first kappa shape index (κ1) is 17.2. The lowest BCUT2D eigenvalue weighted by Crippen LogP contribution is -2.28. The average molecular weight is 379 g/mol. The summed E-state index contributed by atoms with van der Waals surface area (Å²) in [6, 6.07) is 8.54. The molecule has 4 heterocycles. The fourth-order valence-electron chi connectivity index (χ4n) is 3.24. The number of thiophene rings is 1. The maximum absolute atomic E-state index is 9.94. The van der Waals surface area contributed by atoms with E-state index in [1.807, 2.05) is 12.3 Å². The number of aromatic nitrogens is 2. The molecule has 3 aromatic heterocycles. The molecule has 0 bridgehead atoms. The van der Waals surface area contributed by atoms with Crippen molar-refractivity contribution in [2.75, 3.05) is 13.6 Å². The van der Waals surface area contributed by atoms with Crippen molar-refractivity contribution in [2.45, 2.75) is 23.7 Å². The van der Waals surface area contributed by atoms with Gasteiger partial charge >= 0.3 is 0 Å². The van der Waals surface area contributed by atoms with Crippen LogP contribution in [0.5, 0.6) is 0 Å². The van der Waals surface area contributed by atoms with E-state index in [-0.39, 0.29) is 0 Å². The number of likely N-dealkylation sites (N-methyl/N-ethyl adjacent to an activating group) is 1. The zero-order valence-electron chi connectivity index (χ0n) is 14.5. The molecule has 4 nitrogen and oxygen atoms in total. The van der Waals surface area contributed by atoms with Gasteiger partial charge in [0.25, 0.3) is 0 Å². The van der Waals surface area contributed by atoms with E-state index in [4.69, 9.17) is 4.98 Å². The van der Waals surface area contributed by atoms with E-state index in [0.717, 1.165) is 52.7 Å². The van der Waals surface area contributed by atoms with Crippen molar-refractivity contribution in [3.63, 3.8) is 0 Å². The summed E-state index contributed by atoms with van der Waals surface area (Å²) in [5.41, 5.74) is 6.38. The fraction of sp³-hybridized carbons (Fsp3) is 0.250. The second-order valence-electron chi connectivity index (χ2n) is 6.35. The van der Waals surface area contributed by atoms with Crippen LogP contribution in [0, 0.1) is 11.3 Å². The monoisotopic (exact) mass is 378 g/mol. The van der Waals surface area contributed by atoms with E-state index in [9.17, 15) is 5.26 Å². The van der Waals surface area contributed by atoms with Gasteiger partial charge in [-0.15, -0.1) is 11.8 Å². The molecule has 0 fully saturated rings. The van der Waals surface area contributed by atoms with Gasteiger partial charge in [0, 0.05) is 48.9 Å². The van der Waals surface area contributed by atoms with Crippen molar-refractivity contribution in [3.8, 4) is 17.2 Å². The molecule has 26 heavy (non-hydrogen) atoms. The minimum absolute atomic E-state index is 0.700. The summed E-state index contributed by atoms with van der Waals surface area (Å²) >= 11 is 3.29. The van der Waals surface area contributed by atoms with Gasteiger partial charge in [-0.05, 0) is 46.6 Å². The second-order valence-corrected chi connectivity index (χ2v) is 8.10. The Bertz CT molecular complexity index is 946. The highest BCUT2D eigenvalue weighted by Gasteiger charge is 2.25. The summed E-state index contributed by atoms with van der Waals surface area (Å²) in [6.45, 7) is 1.84. The summed E-state index contributed by atoms with van der Waals surface area (Å²) in [4.78, 5) is 11.4. The summed E-state index contributed by atoms with van der Waals surface area (Å²) in [5.74, 6) is 0.761. The van der Waals surface area contributed by atoms with Crippen LogP contribution >= 0.6 is 23.1 Å². The Kier molecular flexibility index (Phi) is 5.02. The Morgan fingerprint density at radius 2 is 2.31 bits per heavy atom. The van der Waals surface area contributed by atoms with Crippen LogP contribution in [-0.4, -0.2) is 28.5 Å². The van der Waals surface area contributed by atoms with Crippen molar-refractivity contribution >= 4 is 23.1 Å². The van der Waals surface area contributed by atoms with Crippen molar-refractivity contribution in [1.29, 1.82) is 5.26 Å². The minimum Gasteiger partial charge on any atom is -0.302 e. The van der Waals surface area contributed by atoms with Crippen LogP contribution in [-0.2, 0) is 18.7 Å². The van der Waals surface area contributed by atoms with E-state index in [0.29, 0.717) is 5.56 Å². The van der Waals surface area contributed by atoms with Gasteiger partial charge in [0.1, 0.15) is 11.1 Å². The topological polar surface area (TPSA) is 52.8 Å². The third kappa shape index (κ3) is 3.38. The van der Waals surface area contributed by atoms with E-state index in [1.165, 1.54) is 5.56 Å². The molecule has 0 spiro atoms. The number of pyridine rings is 2. The van der Waals surface area contributed by atoms with Crippen LogP contribution < -0.4 is 0 Å². The molecule has 0 aliphatic carbocycles. The van der Waals surface area contributed by atoms with Crippen molar-refractivity contribution in [1.82, 2.24) is 14.9 Å². The predicted octanol–water partition coefficient (Wildman–Crippen LogP) is 4.36. The molecule has 0 amide bonds. The van der Waals surface area contributed by atoms with Crippen molar-refractivity contribution in [3.05, 3.63) is 63.7 Å². The third-order valence-electron chi connectivity index (χ3n) is 4.53. The van der Waals surface area contributed by atoms with Crippen LogP contribution in [0.15, 0.2) is 46.4 Å². The molecule has 6 heteroatoms. The lowest BCUT2D eigenvalue weighted by molar-refractivity contribution is 0.309. The lowest BCUT2D eigenvalue weighted by Gasteiger charge is -2.27. The molecule has 0 aromatic carbocycles. The molecule has 0 atom stereocenters. The predicted molar refractivity (Wildman–Crippen MR) is 106 cm³/mol. The lowest BCUT2D eigenvalue weighted by atomic mass is 9.93. The Morgan fingerprint density at radius 1 is 1.38 bits per heavy atom. The van der Waals surface area contributed by atoms with Crippen LogP contribution in [0.1, 0.15) is 22.4 Å². The average Bonchev–Trinajstić information content (AvgIpc) is 3.20. The molecule has 0 unspecified atom stereocenters. The number of nitrogens with zero attached hydrogens (tertiary/aromatic N) is 4. The molecule has 0 saturated heterocycles. The van der Waals surface area contributed by atoms with E-state index in [2.05, 4.69) is 45.9 Å². The van der Waals surface area contributed by atoms with Crippen molar-refractivity contribution in [2.24, 2.45) is 0 Å². The first-order valence-electron chi connectivity index (χ1n) is 8.45. The van der Waals surface area contributed by atoms with Gasteiger partial charge < -0.3 is 4.90 Å². The standard InChI is InChI=1S/C20H18N4S2/c1-24-7-4-18-17(11-24)19(15-5-8-25-13-15)16(9-21)20(23-18)26-12-14-3-2-6-22-10-14/h2-3,5-6,8,10,13H,4,7,11-12H2,1H3. The van der Waals surface area contributed by atoms with Gasteiger partial charge in [-0.2, -0.15) is 16.6 Å². The molecule has 3 aromatic rings. The van der Waals surface area contributed by atoms with E-state index in [1.54, 1.807) is 29.3 Å². The largest absolute Gasteiger partial charge is 0.302 e. The molecule has 0 saturated carbocycles. The fourth-order valence-corrected chi connectivity index (χ4v) is 4.83. The first-order chi connectivity index (χ1) is 12.8. The number of fused-ring (bicyclic) bond motifs is 1. The molecule has 0 N–H and O–H groups in total. The quantitative estimate of drug-likeness (QED) is 0.632. The van der Waals surface area contributed by atoms with Crippen LogP contribution in [0.3, 0.4) is 0 Å². The SMILES string of the molecule is CN1CCc2nc(SCc3cccnc3)c(C#N)c(-c3ccsc3)c2C1. The molecule has 1 aliphatic rings. The summed E-state index contributed by atoms with van der Waals surface area (Å²) in [5, 5.41) is 15.0. The molecule has 1 aliphatic heterocycles. The number of hydrogen-bond donors (Lipinski definition) is 0. The summed E-state index contributed by atoms with van der Waals surface area (Å²) in [6.07, 6.45) is 4.57. The Balaban J connectivity index is 1.80. The van der Waals surface area contributed by atoms with Crippen LogP contribution in [0.25, 0.3) is 11.1 Å². The highest BCUT2D eigenvalue weighted by atomic mass is 32.2. The Labute approximate surface area is 161 Å². The number of nitriles is 1. The Morgan fingerprint density at radius 3 is 3.04 bits per heavy atom. The highest BCUT2D eigenvalue weighted by molar-refractivity contribution is 7.98. The molecular weight excluding hydrogens is 360 g/mol. The number of hydrogen-bond acceptors (Lipinski definition) is 6. The van der Waals surface area contributed by atoms with E-state index < -0.39 is 0 Å². The van der Waals surface area contributed by atoms with Gasteiger partial charge in [-0.1, -0.05) is 6.07 Å². The maximum atomic E-state index is 9.94. The van der Waals surface area contributed by atoms with Crippen molar-refractivity contribution < 1.29 is 0 Å². The van der Waals surface area contributed by atoms with Gasteiger partial charge in [0.15, 0.2) is 0 Å². The molecule has 4 rings (SSSR count).